The summed E-state index contributed by atoms with van der Waals surface area (Å²) in [5.41, 5.74) is 7.85. The number of benzene rings is 1. The lowest BCUT2D eigenvalue weighted by Gasteiger charge is -2.06. The minimum absolute atomic E-state index is 0.364. The first-order valence-electron chi connectivity index (χ1n) is 7.01. The number of furan rings is 1. The number of carbonyl (C=O) groups is 1. The second-order valence-electron chi connectivity index (χ2n) is 5.11. The van der Waals surface area contributed by atoms with E-state index in [9.17, 15) is 4.79 Å². The number of hydrogen-bond donors (Lipinski definition) is 1. The smallest absolute Gasteiger partial charge is 0.241 e. The van der Waals surface area contributed by atoms with E-state index in [0.29, 0.717) is 18.1 Å². The van der Waals surface area contributed by atoms with Crippen LogP contribution in [0.2, 0.25) is 0 Å². The Morgan fingerprint density at radius 1 is 1.24 bits per heavy atom. The molecule has 21 heavy (non-hydrogen) atoms. The summed E-state index contributed by atoms with van der Waals surface area (Å²) < 4.78 is 11.3. The first kappa shape index (κ1) is 13.5. The van der Waals surface area contributed by atoms with Crippen molar-refractivity contribution in [2.45, 2.75) is 25.9 Å². The molecule has 1 aliphatic carbocycles. The third-order valence-corrected chi connectivity index (χ3v) is 3.55. The van der Waals surface area contributed by atoms with Gasteiger partial charge in [-0.1, -0.05) is 6.07 Å². The second kappa shape index (κ2) is 5.87. The van der Waals surface area contributed by atoms with Gasteiger partial charge in [-0.15, -0.1) is 0 Å². The van der Waals surface area contributed by atoms with Crippen LogP contribution in [0.3, 0.4) is 0 Å². The molecule has 4 nitrogen and oxygen atoms in total. The van der Waals surface area contributed by atoms with E-state index in [0.717, 1.165) is 12.2 Å². The van der Waals surface area contributed by atoms with E-state index < -0.39 is 5.91 Å². The average molecular weight is 283 g/mol. The molecule has 4 heteroatoms. The molecule has 2 N–H and O–H groups in total. The van der Waals surface area contributed by atoms with E-state index in [2.05, 4.69) is 12.1 Å². The van der Waals surface area contributed by atoms with Crippen molar-refractivity contribution < 1.29 is 13.9 Å². The summed E-state index contributed by atoms with van der Waals surface area (Å²) in [6, 6.07) is 9.86. The van der Waals surface area contributed by atoms with Crippen LogP contribution in [0, 0.1) is 0 Å². The molecule has 1 heterocycles. The number of fused-ring (bicyclic) bond motifs is 1. The van der Waals surface area contributed by atoms with Crippen molar-refractivity contribution >= 4 is 12.0 Å². The van der Waals surface area contributed by atoms with Gasteiger partial charge in [-0.05, 0) is 60.7 Å². The van der Waals surface area contributed by atoms with Crippen molar-refractivity contribution in [2.75, 3.05) is 0 Å². The first-order chi connectivity index (χ1) is 10.2. The Bertz CT molecular complexity index is 685. The van der Waals surface area contributed by atoms with Crippen LogP contribution in [-0.4, -0.2) is 5.91 Å². The summed E-state index contributed by atoms with van der Waals surface area (Å²) in [6.07, 6.45) is 6.34. The number of primary amides is 1. The van der Waals surface area contributed by atoms with E-state index >= 15 is 0 Å². The van der Waals surface area contributed by atoms with Gasteiger partial charge < -0.3 is 14.9 Å². The molecular weight excluding hydrogens is 266 g/mol. The first-order valence-corrected chi connectivity index (χ1v) is 7.01. The number of carbonyl (C=O) groups excluding carboxylic acids is 1. The SMILES string of the molecule is NC(=O)/C=C/c1ccc(COc2ccc3c(c2)CCC3)o1. The Labute approximate surface area is 123 Å². The highest BCUT2D eigenvalue weighted by atomic mass is 16.5. The normalized spacial score (nSPS) is 13.5. The molecule has 1 aromatic heterocycles. The Kier molecular flexibility index (Phi) is 3.77. The molecule has 3 rings (SSSR count). The zero-order valence-corrected chi connectivity index (χ0v) is 11.7. The van der Waals surface area contributed by atoms with E-state index in [1.54, 1.807) is 12.1 Å². The van der Waals surface area contributed by atoms with Crippen molar-refractivity contribution in [3.8, 4) is 5.75 Å². The third kappa shape index (κ3) is 3.34. The van der Waals surface area contributed by atoms with Crippen LogP contribution in [0.15, 0.2) is 40.8 Å². The quantitative estimate of drug-likeness (QED) is 0.858. The van der Waals surface area contributed by atoms with E-state index in [1.807, 2.05) is 12.1 Å². The zero-order valence-electron chi connectivity index (χ0n) is 11.7. The lowest BCUT2D eigenvalue weighted by Crippen LogP contribution is -2.04. The maximum atomic E-state index is 10.7. The van der Waals surface area contributed by atoms with Crippen LogP contribution in [-0.2, 0) is 24.2 Å². The molecule has 0 spiro atoms. The lowest BCUT2D eigenvalue weighted by molar-refractivity contribution is -0.113. The second-order valence-corrected chi connectivity index (χ2v) is 5.11. The molecular formula is C17H17NO3. The van der Waals surface area contributed by atoms with E-state index in [1.165, 1.54) is 30.0 Å². The summed E-state index contributed by atoms with van der Waals surface area (Å²) in [7, 11) is 0. The Morgan fingerprint density at radius 3 is 2.95 bits per heavy atom. The molecule has 0 atom stereocenters. The van der Waals surface area contributed by atoms with Gasteiger partial charge in [-0.25, -0.2) is 0 Å². The van der Waals surface area contributed by atoms with Gasteiger partial charge >= 0.3 is 0 Å². The fourth-order valence-corrected chi connectivity index (χ4v) is 2.52. The minimum Gasteiger partial charge on any atom is -0.486 e. The fourth-order valence-electron chi connectivity index (χ4n) is 2.52. The van der Waals surface area contributed by atoms with Crippen molar-refractivity contribution in [3.63, 3.8) is 0 Å². The highest BCUT2D eigenvalue weighted by Crippen LogP contribution is 2.26. The predicted molar refractivity (Wildman–Crippen MR) is 79.7 cm³/mol. The van der Waals surface area contributed by atoms with Crippen LogP contribution in [0.1, 0.15) is 29.1 Å². The molecule has 0 unspecified atom stereocenters. The summed E-state index contributed by atoms with van der Waals surface area (Å²) in [4.78, 5) is 10.7. The van der Waals surface area contributed by atoms with Gasteiger partial charge in [0.2, 0.25) is 5.91 Å². The highest BCUT2D eigenvalue weighted by Gasteiger charge is 2.11. The van der Waals surface area contributed by atoms with Gasteiger partial charge in [-0.3, -0.25) is 4.79 Å². The third-order valence-electron chi connectivity index (χ3n) is 3.55. The molecule has 1 amide bonds. The Hall–Kier alpha value is -2.49. The molecule has 0 saturated heterocycles. The minimum atomic E-state index is -0.498. The summed E-state index contributed by atoms with van der Waals surface area (Å²) in [5.74, 6) is 1.66. The Morgan fingerprint density at radius 2 is 2.10 bits per heavy atom. The number of hydrogen-bond acceptors (Lipinski definition) is 3. The van der Waals surface area contributed by atoms with Crippen LogP contribution < -0.4 is 10.5 Å². The molecule has 1 aliphatic rings. The molecule has 0 aliphatic heterocycles. The average Bonchev–Trinajstić information content (AvgIpc) is 3.11. The maximum Gasteiger partial charge on any atom is 0.241 e. The number of ether oxygens (including phenoxy) is 1. The van der Waals surface area contributed by atoms with Crippen LogP contribution in [0.5, 0.6) is 5.75 Å². The van der Waals surface area contributed by atoms with Crippen molar-refractivity contribution in [2.24, 2.45) is 5.73 Å². The summed E-state index contributed by atoms with van der Waals surface area (Å²) >= 11 is 0. The largest absolute Gasteiger partial charge is 0.486 e. The van der Waals surface area contributed by atoms with E-state index in [4.69, 9.17) is 14.9 Å². The molecule has 108 valence electrons. The van der Waals surface area contributed by atoms with Gasteiger partial charge in [0, 0.05) is 6.08 Å². The van der Waals surface area contributed by atoms with Crippen LogP contribution in [0.4, 0.5) is 0 Å². The van der Waals surface area contributed by atoms with Gasteiger partial charge in [0.15, 0.2) is 0 Å². The number of rotatable bonds is 5. The molecule has 0 radical (unpaired) electrons. The molecule has 1 aromatic carbocycles. The van der Waals surface area contributed by atoms with E-state index in [-0.39, 0.29) is 0 Å². The Balaban J connectivity index is 1.61. The fraction of sp³-hybridized carbons (Fsp3) is 0.235. The monoisotopic (exact) mass is 283 g/mol. The highest BCUT2D eigenvalue weighted by molar-refractivity contribution is 5.89. The summed E-state index contributed by atoms with van der Waals surface area (Å²) in [6.45, 7) is 0.364. The number of amides is 1. The van der Waals surface area contributed by atoms with Crippen LogP contribution >= 0.6 is 0 Å². The van der Waals surface area contributed by atoms with Crippen molar-refractivity contribution in [1.29, 1.82) is 0 Å². The molecule has 0 fully saturated rings. The standard InChI is InChI=1S/C17H17NO3/c18-17(19)9-8-14-6-7-16(21-14)11-20-15-5-4-12-2-1-3-13(12)10-15/h4-10H,1-3,11H2,(H2,18,19)/b9-8+. The summed E-state index contributed by atoms with van der Waals surface area (Å²) in [5, 5.41) is 0. The van der Waals surface area contributed by atoms with Gasteiger partial charge in [0.25, 0.3) is 0 Å². The topological polar surface area (TPSA) is 65.5 Å². The zero-order chi connectivity index (χ0) is 14.7. The van der Waals surface area contributed by atoms with Gasteiger partial charge in [0.05, 0.1) is 0 Å². The predicted octanol–water partition coefficient (Wildman–Crippen LogP) is 2.85. The van der Waals surface area contributed by atoms with Gasteiger partial charge in [-0.2, -0.15) is 0 Å². The lowest BCUT2D eigenvalue weighted by atomic mass is 10.1. The van der Waals surface area contributed by atoms with Crippen molar-refractivity contribution in [3.05, 3.63) is 59.1 Å². The number of aryl methyl sites for hydroxylation is 2. The maximum absolute atomic E-state index is 10.7. The molecule has 0 saturated carbocycles. The van der Waals surface area contributed by atoms with Crippen molar-refractivity contribution in [1.82, 2.24) is 0 Å². The molecule has 2 aromatic rings. The molecule has 0 bridgehead atoms. The van der Waals surface area contributed by atoms with Crippen LogP contribution in [0.25, 0.3) is 6.08 Å². The number of nitrogens with two attached hydrogens (primary N) is 1. The van der Waals surface area contributed by atoms with Gasteiger partial charge in [0.1, 0.15) is 23.9 Å².